The van der Waals surface area contributed by atoms with E-state index in [-0.39, 0.29) is 7.92 Å². The molecule has 0 heterocycles. The third kappa shape index (κ3) is 3.44. The minimum Gasteiger partial charge on any atom is -0.0622 e. The first-order valence-electron chi connectivity index (χ1n) is 10.9. The molecule has 0 bridgehead atoms. The molecular formula is C27H29P. The van der Waals surface area contributed by atoms with Gasteiger partial charge in [-0.05, 0) is 60.3 Å². The van der Waals surface area contributed by atoms with E-state index in [9.17, 15) is 0 Å². The minimum absolute atomic E-state index is 0.352. The summed E-state index contributed by atoms with van der Waals surface area (Å²) in [5.41, 5.74) is 2.33. The van der Waals surface area contributed by atoms with E-state index in [0.717, 1.165) is 17.5 Å². The summed E-state index contributed by atoms with van der Waals surface area (Å²) < 4.78 is 0. The summed E-state index contributed by atoms with van der Waals surface area (Å²) in [6.07, 6.45) is 7.13. The molecule has 0 amide bonds. The number of benzene rings is 3. The van der Waals surface area contributed by atoms with Crippen LogP contribution in [0.1, 0.15) is 43.6 Å². The standard InChI is InChI=1S/C27H29P/c1-4-12-21(13-5-1)27-25-19-11-10-14-22(25)20-26(27)28(23-15-6-2-7-16-23)24-17-8-3-9-18-24/h1-9,12-13,15-18,22,25-27H,10-11,14,19-20H2/t22-,25?,26+,27?/m1/s1. The highest BCUT2D eigenvalue weighted by Crippen LogP contribution is 2.60. The highest BCUT2D eigenvalue weighted by atomic mass is 31.1. The lowest BCUT2D eigenvalue weighted by Gasteiger charge is -2.34. The second-order valence-electron chi connectivity index (χ2n) is 8.49. The summed E-state index contributed by atoms with van der Waals surface area (Å²) >= 11 is 0. The Hall–Kier alpha value is -1.91. The molecule has 0 N–H and O–H groups in total. The van der Waals surface area contributed by atoms with Crippen molar-refractivity contribution in [2.45, 2.75) is 43.7 Å². The van der Waals surface area contributed by atoms with Crippen LogP contribution in [-0.2, 0) is 0 Å². The normalized spacial score (nSPS) is 26.9. The van der Waals surface area contributed by atoms with Crippen molar-refractivity contribution >= 4 is 18.5 Å². The first-order chi connectivity index (χ1) is 13.9. The van der Waals surface area contributed by atoms with Gasteiger partial charge in [0, 0.05) is 0 Å². The fraction of sp³-hybridized carbons (Fsp3) is 0.333. The second-order valence-corrected chi connectivity index (χ2v) is 10.9. The molecule has 3 aromatic carbocycles. The quantitative estimate of drug-likeness (QED) is 0.452. The minimum atomic E-state index is -0.352. The Bertz CT molecular complexity index is 834. The van der Waals surface area contributed by atoms with Crippen molar-refractivity contribution in [3.63, 3.8) is 0 Å². The van der Waals surface area contributed by atoms with E-state index in [1.165, 1.54) is 32.1 Å². The molecule has 3 aromatic rings. The van der Waals surface area contributed by atoms with Crippen LogP contribution in [0.4, 0.5) is 0 Å². The average Bonchev–Trinajstić information content (AvgIpc) is 3.15. The summed E-state index contributed by atoms with van der Waals surface area (Å²) in [6.45, 7) is 0. The van der Waals surface area contributed by atoms with Gasteiger partial charge >= 0.3 is 0 Å². The highest BCUT2D eigenvalue weighted by Gasteiger charge is 2.47. The molecule has 2 aliphatic carbocycles. The molecular weight excluding hydrogens is 355 g/mol. The van der Waals surface area contributed by atoms with E-state index >= 15 is 0 Å². The van der Waals surface area contributed by atoms with Crippen LogP contribution in [0.25, 0.3) is 0 Å². The zero-order valence-corrected chi connectivity index (χ0v) is 17.3. The monoisotopic (exact) mass is 384 g/mol. The lowest BCUT2D eigenvalue weighted by Crippen LogP contribution is -2.26. The number of rotatable bonds is 4. The van der Waals surface area contributed by atoms with Gasteiger partial charge in [0.25, 0.3) is 0 Å². The summed E-state index contributed by atoms with van der Waals surface area (Å²) in [4.78, 5) is 0. The SMILES string of the molecule is c1ccc(C2C3CCCC[C@@H]3C[C@@H]2P(c2ccccc2)c2ccccc2)cc1. The van der Waals surface area contributed by atoms with Crippen LogP contribution in [0, 0.1) is 11.8 Å². The van der Waals surface area contributed by atoms with Crippen LogP contribution < -0.4 is 10.6 Å². The third-order valence-electron chi connectivity index (χ3n) is 6.97. The van der Waals surface area contributed by atoms with Crippen molar-refractivity contribution in [1.29, 1.82) is 0 Å². The fourth-order valence-electron chi connectivity index (χ4n) is 5.86. The Labute approximate surface area is 170 Å². The predicted molar refractivity (Wildman–Crippen MR) is 122 cm³/mol. The Morgan fingerprint density at radius 2 is 1.14 bits per heavy atom. The molecule has 2 fully saturated rings. The van der Waals surface area contributed by atoms with Crippen molar-refractivity contribution < 1.29 is 0 Å². The van der Waals surface area contributed by atoms with Crippen LogP contribution in [0.3, 0.4) is 0 Å². The predicted octanol–water partition coefficient (Wildman–Crippen LogP) is 6.48. The zero-order chi connectivity index (χ0) is 18.8. The lowest BCUT2D eigenvalue weighted by molar-refractivity contribution is 0.260. The van der Waals surface area contributed by atoms with Gasteiger partial charge in [-0.2, -0.15) is 0 Å². The number of fused-ring (bicyclic) bond motifs is 1. The second kappa shape index (κ2) is 8.22. The average molecular weight is 385 g/mol. The first-order valence-corrected chi connectivity index (χ1v) is 12.3. The van der Waals surface area contributed by atoms with Crippen molar-refractivity contribution in [2.24, 2.45) is 11.8 Å². The molecule has 0 radical (unpaired) electrons. The maximum absolute atomic E-state index is 2.40. The van der Waals surface area contributed by atoms with Gasteiger partial charge in [-0.15, -0.1) is 0 Å². The molecule has 0 aromatic heterocycles. The van der Waals surface area contributed by atoms with Gasteiger partial charge in [0.1, 0.15) is 0 Å². The summed E-state index contributed by atoms with van der Waals surface area (Å²) in [7, 11) is -0.352. The van der Waals surface area contributed by atoms with Crippen LogP contribution in [0.15, 0.2) is 91.0 Å². The first kappa shape index (κ1) is 18.1. The van der Waals surface area contributed by atoms with Crippen molar-refractivity contribution in [3.05, 3.63) is 96.6 Å². The molecule has 1 heteroatoms. The summed E-state index contributed by atoms with van der Waals surface area (Å²) in [5, 5.41) is 3.10. The Morgan fingerprint density at radius 3 is 1.75 bits per heavy atom. The van der Waals surface area contributed by atoms with Crippen LogP contribution >= 0.6 is 7.92 Å². The van der Waals surface area contributed by atoms with Gasteiger partial charge in [0.15, 0.2) is 0 Å². The largest absolute Gasteiger partial charge is 0.0622 e. The molecule has 5 rings (SSSR count). The molecule has 4 atom stereocenters. The van der Waals surface area contributed by atoms with E-state index in [0.29, 0.717) is 5.92 Å². The van der Waals surface area contributed by atoms with E-state index in [1.54, 1.807) is 16.2 Å². The van der Waals surface area contributed by atoms with Crippen LogP contribution in [0.2, 0.25) is 0 Å². The smallest absolute Gasteiger partial charge is 0.00545 e. The molecule has 0 spiro atoms. The molecule has 28 heavy (non-hydrogen) atoms. The molecule has 0 aliphatic heterocycles. The Kier molecular flexibility index (Phi) is 5.32. The van der Waals surface area contributed by atoms with Crippen molar-refractivity contribution in [3.8, 4) is 0 Å². The van der Waals surface area contributed by atoms with Gasteiger partial charge in [-0.3, -0.25) is 0 Å². The zero-order valence-electron chi connectivity index (χ0n) is 16.5. The molecule has 0 saturated heterocycles. The van der Waals surface area contributed by atoms with Crippen molar-refractivity contribution in [1.82, 2.24) is 0 Å². The molecule has 0 nitrogen and oxygen atoms in total. The Balaban J connectivity index is 1.62. The molecule has 142 valence electrons. The highest BCUT2D eigenvalue weighted by molar-refractivity contribution is 7.73. The van der Waals surface area contributed by atoms with Gasteiger partial charge in [0.05, 0.1) is 0 Å². The summed E-state index contributed by atoms with van der Waals surface area (Å²) in [6, 6.07) is 34.2. The van der Waals surface area contributed by atoms with Crippen molar-refractivity contribution in [2.75, 3.05) is 0 Å². The molecule has 2 aliphatic rings. The number of hydrogen-bond acceptors (Lipinski definition) is 0. The van der Waals surface area contributed by atoms with E-state index in [4.69, 9.17) is 0 Å². The number of hydrogen-bond donors (Lipinski definition) is 0. The lowest BCUT2D eigenvalue weighted by atomic mass is 9.76. The fourth-order valence-corrected chi connectivity index (χ4v) is 9.11. The maximum Gasteiger partial charge on any atom is -0.00545 e. The van der Waals surface area contributed by atoms with Crippen LogP contribution in [-0.4, -0.2) is 5.66 Å². The Morgan fingerprint density at radius 1 is 0.607 bits per heavy atom. The third-order valence-corrected chi connectivity index (χ3v) is 9.88. The van der Waals surface area contributed by atoms with Gasteiger partial charge < -0.3 is 0 Å². The van der Waals surface area contributed by atoms with Gasteiger partial charge in [0.2, 0.25) is 0 Å². The van der Waals surface area contributed by atoms with E-state index < -0.39 is 0 Å². The van der Waals surface area contributed by atoms with Crippen LogP contribution in [0.5, 0.6) is 0 Å². The van der Waals surface area contributed by atoms with E-state index in [1.807, 2.05) is 0 Å². The van der Waals surface area contributed by atoms with Gasteiger partial charge in [-0.1, -0.05) is 110 Å². The maximum atomic E-state index is 2.40. The molecule has 2 saturated carbocycles. The topological polar surface area (TPSA) is 0 Å². The van der Waals surface area contributed by atoms with Gasteiger partial charge in [-0.25, -0.2) is 0 Å². The summed E-state index contributed by atoms with van der Waals surface area (Å²) in [5.74, 6) is 2.50. The van der Waals surface area contributed by atoms with E-state index in [2.05, 4.69) is 91.0 Å². The molecule has 2 unspecified atom stereocenters.